The van der Waals surface area contributed by atoms with Gasteiger partial charge in [-0.1, -0.05) is 0 Å². The molecule has 0 fully saturated rings. The third kappa shape index (κ3) is 5.08. The van der Waals surface area contributed by atoms with E-state index in [1.807, 2.05) is 25.1 Å². The minimum absolute atomic E-state index is 0.178. The van der Waals surface area contributed by atoms with E-state index >= 15 is 0 Å². The van der Waals surface area contributed by atoms with Gasteiger partial charge in [0, 0.05) is 12.5 Å². The molecule has 0 spiro atoms. The van der Waals surface area contributed by atoms with Gasteiger partial charge in [0.15, 0.2) is 0 Å². The molecule has 0 aliphatic carbocycles. The van der Waals surface area contributed by atoms with Gasteiger partial charge in [-0.3, -0.25) is 4.79 Å². The zero-order chi connectivity index (χ0) is 13.4. The fourth-order valence-corrected chi connectivity index (χ4v) is 1.55. The number of ether oxygens (including phenoxy) is 3. The van der Waals surface area contributed by atoms with Crippen LogP contribution in [-0.4, -0.2) is 26.3 Å². The van der Waals surface area contributed by atoms with Crippen LogP contribution in [0, 0.1) is 6.92 Å². The van der Waals surface area contributed by atoms with Crippen molar-refractivity contribution in [1.29, 1.82) is 0 Å². The molecule has 100 valence electrons. The van der Waals surface area contributed by atoms with Gasteiger partial charge in [-0.2, -0.15) is 0 Å². The molecule has 1 rings (SSSR count). The van der Waals surface area contributed by atoms with Gasteiger partial charge in [-0.25, -0.2) is 0 Å². The molecule has 1 aromatic carbocycles. The van der Waals surface area contributed by atoms with Crippen LogP contribution in [0.15, 0.2) is 18.2 Å². The summed E-state index contributed by atoms with van der Waals surface area (Å²) in [5.41, 5.74) is 1.08. The molecule has 0 aliphatic rings. The topological polar surface area (TPSA) is 44.8 Å². The van der Waals surface area contributed by atoms with Crippen LogP contribution in [0.3, 0.4) is 0 Å². The molecule has 0 saturated carbocycles. The van der Waals surface area contributed by atoms with E-state index in [-0.39, 0.29) is 5.97 Å². The predicted molar refractivity (Wildman–Crippen MR) is 69.1 cm³/mol. The smallest absolute Gasteiger partial charge is 0.305 e. The molecule has 0 bridgehead atoms. The Morgan fingerprint density at radius 3 is 2.61 bits per heavy atom. The summed E-state index contributed by atoms with van der Waals surface area (Å²) in [6.07, 6.45) is 1.03. The van der Waals surface area contributed by atoms with Crippen molar-refractivity contribution in [3.8, 4) is 11.5 Å². The van der Waals surface area contributed by atoms with Crippen molar-refractivity contribution in [3.63, 3.8) is 0 Å². The van der Waals surface area contributed by atoms with E-state index in [1.54, 1.807) is 14.0 Å². The van der Waals surface area contributed by atoms with Gasteiger partial charge in [0.25, 0.3) is 0 Å². The second-order valence-electron chi connectivity index (χ2n) is 3.94. The maximum atomic E-state index is 11.1. The number of aryl methyl sites for hydroxylation is 1. The van der Waals surface area contributed by atoms with Gasteiger partial charge in [-0.05, 0) is 38.0 Å². The number of methoxy groups -OCH3 is 1. The maximum Gasteiger partial charge on any atom is 0.305 e. The lowest BCUT2D eigenvalue weighted by molar-refractivity contribution is -0.143. The number of hydrogen-bond donors (Lipinski definition) is 0. The van der Waals surface area contributed by atoms with Crippen molar-refractivity contribution in [1.82, 2.24) is 0 Å². The Labute approximate surface area is 108 Å². The summed E-state index contributed by atoms with van der Waals surface area (Å²) in [7, 11) is 1.62. The first-order chi connectivity index (χ1) is 8.65. The van der Waals surface area contributed by atoms with Gasteiger partial charge in [0.1, 0.15) is 11.5 Å². The van der Waals surface area contributed by atoms with E-state index in [1.165, 1.54) is 0 Å². The van der Waals surface area contributed by atoms with E-state index in [9.17, 15) is 4.79 Å². The Balaban J connectivity index is 2.35. The maximum absolute atomic E-state index is 11.1. The summed E-state index contributed by atoms with van der Waals surface area (Å²) >= 11 is 0. The van der Waals surface area contributed by atoms with E-state index in [4.69, 9.17) is 14.2 Å². The Kier molecular flexibility index (Phi) is 6.05. The number of rotatable bonds is 7. The first-order valence-corrected chi connectivity index (χ1v) is 6.09. The summed E-state index contributed by atoms with van der Waals surface area (Å²) < 4.78 is 15.6. The zero-order valence-corrected chi connectivity index (χ0v) is 11.2. The fourth-order valence-electron chi connectivity index (χ4n) is 1.55. The van der Waals surface area contributed by atoms with E-state index in [2.05, 4.69) is 0 Å². The van der Waals surface area contributed by atoms with Crippen molar-refractivity contribution in [3.05, 3.63) is 23.8 Å². The average molecular weight is 252 g/mol. The highest BCUT2D eigenvalue weighted by atomic mass is 16.5. The monoisotopic (exact) mass is 252 g/mol. The lowest BCUT2D eigenvalue weighted by Gasteiger charge is -2.09. The predicted octanol–water partition coefficient (Wildman–Crippen LogP) is 2.73. The van der Waals surface area contributed by atoms with Gasteiger partial charge in [0.05, 0.1) is 20.3 Å². The normalized spacial score (nSPS) is 9.94. The molecule has 0 saturated heterocycles. The van der Waals surface area contributed by atoms with Crippen LogP contribution in [-0.2, 0) is 9.53 Å². The van der Waals surface area contributed by atoms with Crippen LogP contribution in [0.25, 0.3) is 0 Å². The molecule has 0 amide bonds. The molecule has 1 aromatic rings. The standard InChI is InChI=1S/C14H20O4/c1-4-17-14(15)6-5-7-18-13-9-11(2)8-12(10-13)16-3/h8-10H,4-7H2,1-3H3. The first kappa shape index (κ1) is 14.4. The van der Waals surface area contributed by atoms with Crippen molar-refractivity contribution in [2.75, 3.05) is 20.3 Å². The van der Waals surface area contributed by atoms with Gasteiger partial charge < -0.3 is 14.2 Å². The Morgan fingerprint density at radius 1 is 1.22 bits per heavy atom. The minimum atomic E-state index is -0.178. The van der Waals surface area contributed by atoms with E-state index in [0.717, 1.165) is 17.1 Å². The van der Waals surface area contributed by atoms with Gasteiger partial charge in [0.2, 0.25) is 0 Å². The number of carbonyl (C=O) groups excluding carboxylic acids is 1. The molecule has 0 radical (unpaired) electrons. The Morgan fingerprint density at radius 2 is 1.94 bits per heavy atom. The van der Waals surface area contributed by atoms with Crippen LogP contribution in [0.2, 0.25) is 0 Å². The molecule has 0 aromatic heterocycles. The number of esters is 1. The van der Waals surface area contributed by atoms with E-state index < -0.39 is 0 Å². The second-order valence-corrected chi connectivity index (χ2v) is 3.94. The summed E-state index contributed by atoms with van der Waals surface area (Å²) in [5.74, 6) is 1.36. The number of benzene rings is 1. The molecule has 0 heterocycles. The molecule has 0 atom stereocenters. The SMILES string of the molecule is CCOC(=O)CCCOc1cc(C)cc(OC)c1. The molecule has 0 N–H and O–H groups in total. The largest absolute Gasteiger partial charge is 0.497 e. The molecular weight excluding hydrogens is 232 g/mol. The van der Waals surface area contributed by atoms with Crippen molar-refractivity contribution >= 4 is 5.97 Å². The minimum Gasteiger partial charge on any atom is -0.497 e. The van der Waals surface area contributed by atoms with E-state index in [0.29, 0.717) is 26.1 Å². The molecule has 4 heteroatoms. The quantitative estimate of drug-likeness (QED) is 0.553. The molecule has 0 unspecified atom stereocenters. The third-order valence-electron chi connectivity index (χ3n) is 2.36. The molecular formula is C14H20O4. The number of carbonyl (C=O) groups is 1. The molecule has 0 aliphatic heterocycles. The lowest BCUT2D eigenvalue weighted by Crippen LogP contribution is -2.06. The van der Waals surface area contributed by atoms with Crippen LogP contribution in [0.1, 0.15) is 25.3 Å². The van der Waals surface area contributed by atoms with Crippen molar-refractivity contribution in [2.45, 2.75) is 26.7 Å². The summed E-state index contributed by atoms with van der Waals surface area (Å²) in [6, 6.07) is 5.70. The highest BCUT2D eigenvalue weighted by Gasteiger charge is 2.03. The summed E-state index contributed by atoms with van der Waals surface area (Å²) in [6.45, 7) is 4.70. The van der Waals surface area contributed by atoms with Crippen LogP contribution in [0.4, 0.5) is 0 Å². The molecule has 4 nitrogen and oxygen atoms in total. The van der Waals surface area contributed by atoms with Gasteiger partial charge in [-0.15, -0.1) is 0 Å². The summed E-state index contributed by atoms with van der Waals surface area (Å²) in [4.78, 5) is 11.1. The van der Waals surface area contributed by atoms with Crippen LogP contribution < -0.4 is 9.47 Å². The van der Waals surface area contributed by atoms with Crippen LogP contribution >= 0.6 is 0 Å². The lowest BCUT2D eigenvalue weighted by atomic mass is 10.2. The third-order valence-corrected chi connectivity index (χ3v) is 2.36. The van der Waals surface area contributed by atoms with Crippen molar-refractivity contribution < 1.29 is 19.0 Å². The Bertz CT molecular complexity index is 387. The summed E-state index contributed by atoms with van der Waals surface area (Å²) in [5, 5.41) is 0. The highest BCUT2D eigenvalue weighted by Crippen LogP contribution is 2.22. The molecule has 18 heavy (non-hydrogen) atoms. The first-order valence-electron chi connectivity index (χ1n) is 6.09. The zero-order valence-electron chi connectivity index (χ0n) is 11.2. The van der Waals surface area contributed by atoms with Gasteiger partial charge >= 0.3 is 5.97 Å². The fraction of sp³-hybridized carbons (Fsp3) is 0.500. The number of hydrogen-bond acceptors (Lipinski definition) is 4. The average Bonchev–Trinajstić information content (AvgIpc) is 2.34. The van der Waals surface area contributed by atoms with Crippen LogP contribution in [0.5, 0.6) is 11.5 Å². The second kappa shape index (κ2) is 7.58. The Hall–Kier alpha value is -1.71. The highest BCUT2D eigenvalue weighted by molar-refractivity contribution is 5.69. The van der Waals surface area contributed by atoms with Crippen molar-refractivity contribution in [2.24, 2.45) is 0 Å².